The Morgan fingerprint density at radius 1 is 1.42 bits per heavy atom. The predicted octanol–water partition coefficient (Wildman–Crippen LogP) is 2.96. The van der Waals surface area contributed by atoms with Gasteiger partial charge in [-0.05, 0) is 12.3 Å². The molecule has 0 bridgehead atoms. The van der Waals surface area contributed by atoms with Crippen LogP contribution in [-0.2, 0) is 0 Å². The standard InChI is InChI=1S/C11H23N/c1-5-7-8-11(4,9-12)10(3)6-2/h7-8,10H,5-6,9,12H2,1-4H3/b8-7-/t10?,11-/m1/s1. The minimum absolute atomic E-state index is 0.199. The molecule has 0 rings (SSSR count). The third-order valence-corrected chi connectivity index (χ3v) is 2.91. The molecule has 1 heteroatoms. The van der Waals surface area contributed by atoms with Crippen LogP contribution in [0.2, 0.25) is 0 Å². The molecular formula is C11H23N. The molecule has 0 radical (unpaired) electrons. The minimum Gasteiger partial charge on any atom is -0.330 e. The van der Waals surface area contributed by atoms with Gasteiger partial charge in [0.1, 0.15) is 0 Å². The van der Waals surface area contributed by atoms with Gasteiger partial charge in [0.15, 0.2) is 0 Å². The van der Waals surface area contributed by atoms with Crippen molar-refractivity contribution >= 4 is 0 Å². The van der Waals surface area contributed by atoms with Crippen LogP contribution in [0.25, 0.3) is 0 Å². The fraction of sp³-hybridized carbons (Fsp3) is 0.818. The van der Waals surface area contributed by atoms with Gasteiger partial charge in [-0.2, -0.15) is 0 Å². The van der Waals surface area contributed by atoms with Gasteiger partial charge in [-0.15, -0.1) is 0 Å². The molecule has 0 spiro atoms. The zero-order valence-electron chi connectivity index (χ0n) is 8.93. The second-order valence-electron chi connectivity index (χ2n) is 3.83. The topological polar surface area (TPSA) is 26.0 Å². The summed E-state index contributed by atoms with van der Waals surface area (Å²) in [6.45, 7) is 9.64. The number of hydrogen-bond acceptors (Lipinski definition) is 1. The molecule has 0 aromatic rings. The first-order valence-electron chi connectivity index (χ1n) is 4.98. The van der Waals surface area contributed by atoms with E-state index in [2.05, 4.69) is 39.8 Å². The predicted molar refractivity (Wildman–Crippen MR) is 56.0 cm³/mol. The molecule has 12 heavy (non-hydrogen) atoms. The van der Waals surface area contributed by atoms with Crippen molar-refractivity contribution in [3.8, 4) is 0 Å². The third kappa shape index (κ3) is 2.98. The lowest BCUT2D eigenvalue weighted by atomic mass is 9.76. The first-order valence-corrected chi connectivity index (χ1v) is 4.98. The lowest BCUT2D eigenvalue weighted by molar-refractivity contribution is 0.277. The van der Waals surface area contributed by atoms with E-state index in [1.54, 1.807) is 0 Å². The van der Waals surface area contributed by atoms with Crippen LogP contribution in [0.1, 0.15) is 40.5 Å². The maximum atomic E-state index is 5.77. The van der Waals surface area contributed by atoms with Crippen molar-refractivity contribution in [1.82, 2.24) is 0 Å². The molecule has 2 N–H and O–H groups in total. The van der Waals surface area contributed by atoms with E-state index in [1.807, 2.05) is 0 Å². The molecule has 0 saturated carbocycles. The highest BCUT2D eigenvalue weighted by Gasteiger charge is 2.24. The monoisotopic (exact) mass is 169 g/mol. The van der Waals surface area contributed by atoms with Gasteiger partial charge >= 0.3 is 0 Å². The van der Waals surface area contributed by atoms with Crippen LogP contribution in [0, 0.1) is 11.3 Å². The lowest BCUT2D eigenvalue weighted by Gasteiger charge is -2.30. The van der Waals surface area contributed by atoms with Crippen LogP contribution >= 0.6 is 0 Å². The van der Waals surface area contributed by atoms with E-state index in [4.69, 9.17) is 5.73 Å². The molecule has 1 unspecified atom stereocenters. The summed E-state index contributed by atoms with van der Waals surface area (Å²) in [5.74, 6) is 0.672. The van der Waals surface area contributed by atoms with Gasteiger partial charge in [-0.3, -0.25) is 0 Å². The van der Waals surface area contributed by atoms with Crippen molar-refractivity contribution < 1.29 is 0 Å². The molecule has 0 aliphatic rings. The number of nitrogens with two attached hydrogens (primary N) is 1. The highest BCUT2D eigenvalue weighted by molar-refractivity contribution is 5.00. The Hall–Kier alpha value is -0.300. The minimum atomic E-state index is 0.199. The van der Waals surface area contributed by atoms with E-state index in [0.717, 1.165) is 13.0 Å². The van der Waals surface area contributed by atoms with Gasteiger partial charge in [-0.1, -0.05) is 46.3 Å². The van der Waals surface area contributed by atoms with Crippen molar-refractivity contribution in [1.29, 1.82) is 0 Å². The maximum absolute atomic E-state index is 5.77. The number of allylic oxidation sites excluding steroid dienone is 1. The highest BCUT2D eigenvalue weighted by atomic mass is 14.6. The summed E-state index contributed by atoms with van der Waals surface area (Å²) in [4.78, 5) is 0. The van der Waals surface area contributed by atoms with Crippen molar-refractivity contribution in [2.75, 3.05) is 6.54 Å². The maximum Gasteiger partial charge on any atom is 0.00141 e. The van der Waals surface area contributed by atoms with Crippen LogP contribution < -0.4 is 5.73 Å². The van der Waals surface area contributed by atoms with Gasteiger partial charge in [0.05, 0.1) is 0 Å². The molecular weight excluding hydrogens is 146 g/mol. The van der Waals surface area contributed by atoms with E-state index in [0.29, 0.717) is 5.92 Å². The highest BCUT2D eigenvalue weighted by Crippen LogP contribution is 2.29. The van der Waals surface area contributed by atoms with Gasteiger partial charge < -0.3 is 5.73 Å². The SMILES string of the molecule is CC/C=C\[C@](C)(CN)C(C)CC. The van der Waals surface area contributed by atoms with Gasteiger partial charge in [0, 0.05) is 12.0 Å². The van der Waals surface area contributed by atoms with Crippen molar-refractivity contribution in [3.05, 3.63) is 12.2 Å². The summed E-state index contributed by atoms with van der Waals surface area (Å²) in [5, 5.41) is 0. The summed E-state index contributed by atoms with van der Waals surface area (Å²) in [6.07, 6.45) is 6.80. The summed E-state index contributed by atoms with van der Waals surface area (Å²) in [7, 11) is 0. The van der Waals surface area contributed by atoms with E-state index in [9.17, 15) is 0 Å². The van der Waals surface area contributed by atoms with E-state index < -0.39 is 0 Å². The summed E-state index contributed by atoms with van der Waals surface area (Å²) < 4.78 is 0. The van der Waals surface area contributed by atoms with Crippen molar-refractivity contribution in [3.63, 3.8) is 0 Å². The first-order chi connectivity index (χ1) is 5.60. The van der Waals surface area contributed by atoms with Crippen LogP contribution in [0.3, 0.4) is 0 Å². The Kier molecular flexibility index (Phi) is 5.23. The first kappa shape index (κ1) is 11.7. The average Bonchev–Trinajstić information content (AvgIpc) is 2.12. The Bertz CT molecular complexity index is 140. The molecule has 2 atom stereocenters. The largest absolute Gasteiger partial charge is 0.330 e. The molecule has 0 amide bonds. The van der Waals surface area contributed by atoms with E-state index >= 15 is 0 Å². The zero-order valence-corrected chi connectivity index (χ0v) is 8.93. The van der Waals surface area contributed by atoms with Crippen LogP contribution in [0.5, 0.6) is 0 Å². The van der Waals surface area contributed by atoms with Crippen molar-refractivity contribution in [2.24, 2.45) is 17.1 Å². The van der Waals surface area contributed by atoms with Crippen LogP contribution in [0.15, 0.2) is 12.2 Å². The fourth-order valence-electron chi connectivity index (χ4n) is 1.29. The quantitative estimate of drug-likeness (QED) is 0.629. The van der Waals surface area contributed by atoms with Crippen molar-refractivity contribution in [2.45, 2.75) is 40.5 Å². The fourth-order valence-corrected chi connectivity index (χ4v) is 1.29. The average molecular weight is 169 g/mol. The molecule has 0 aliphatic carbocycles. The van der Waals surface area contributed by atoms with Gasteiger partial charge in [-0.25, -0.2) is 0 Å². The molecule has 0 heterocycles. The second-order valence-corrected chi connectivity index (χ2v) is 3.83. The lowest BCUT2D eigenvalue weighted by Crippen LogP contribution is -2.31. The molecule has 0 fully saturated rings. The van der Waals surface area contributed by atoms with Crippen LogP contribution in [-0.4, -0.2) is 6.54 Å². The second kappa shape index (κ2) is 5.36. The Morgan fingerprint density at radius 2 is 2.00 bits per heavy atom. The number of rotatable bonds is 5. The Balaban J connectivity index is 4.32. The molecule has 0 aromatic heterocycles. The smallest absolute Gasteiger partial charge is 0.00141 e. The van der Waals surface area contributed by atoms with Gasteiger partial charge in [0.2, 0.25) is 0 Å². The summed E-state index contributed by atoms with van der Waals surface area (Å²) in [5.41, 5.74) is 5.97. The molecule has 72 valence electrons. The van der Waals surface area contributed by atoms with E-state index in [1.165, 1.54) is 6.42 Å². The Morgan fingerprint density at radius 3 is 2.33 bits per heavy atom. The molecule has 0 saturated heterocycles. The van der Waals surface area contributed by atoms with Crippen LogP contribution in [0.4, 0.5) is 0 Å². The molecule has 0 aromatic carbocycles. The summed E-state index contributed by atoms with van der Waals surface area (Å²) >= 11 is 0. The third-order valence-electron chi connectivity index (χ3n) is 2.91. The Labute approximate surface area is 77.0 Å². The van der Waals surface area contributed by atoms with Gasteiger partial charge in [0.25, 0.3) is 0 Å². The van der Waals surface area contributed by atoms with E-state index in [-0.39, 0.29) is 5.41 Å². The molecule has 1 nitrogen and oxygen atoms in total. The summed E-state index contributed by atoms with van der Waals surface area (Å²) in [6, 6.07) is 0. The normalized spacial score (nSPS) is 19.4. The number of hydrogen-bond donors (Lipinski definition) is 1. The zero-order chi connectivity index (χ0) is 9.61. The molecule has 0 aliphatic heterocycles.